The fraction of sp³-hybridized carbons (Fsp3) is 0.138. The van der Waals surface area contributed by atoms with Crippen molar-refractivity contribution in [2.75, 3.05) is 33.4 Å². The Balaban J connectivity index is 1.55. The van der Waals surface area contributed by atoms with Crippen LogP contribution in [0.3, 0.4) is 0 Å². The molecule has 0 atom stereocenters. The summed E-state index contributed by atoms with van der Waals surface area (Å²) in [5.41, 5.74) is 4.46. The Kier molecular flexibility index (Phi) is 7.72. The molecule has 36 heavy (non-hydrogen) atoms. The second-order valence-corrected chi connectivity index (χ2v) is 7.91. The summed E-state index contributed by atoms with van der Waals surface area (Å²) in [7, 11) is 4.74. The van der Waals surface area contributed by atoms with Gasteiger partial charge in [0.05, 0.1) is 14.2 Å². The molecule has 0 heterocycles. The lowest BCUT2D eigenvalue weighted by atomic mass is 10.0. The zero-order valence-corrected chi connectivity index (χ0v) is 20.3. The van der Waals surface area contributed by atoms with E-state index in [2.05, 4.69) is 5.32 Å². The van der Waals surface area contributed by atoms with Crippen molar-refractivity contribution in [1.29, 1.82) is 0 Å². The molecule has 0 aliphatic heterocycles. The maximum Gasteiger partial charge on any atom is 0.255 e. The van der Waals surface area contributed by atoms with Gasteiger partial charge in [0.2, 0.25) is 0 Å². The quantitative estimate of drug-likeness (QED) is 0.284. The lowest BCUT2D eigenvalue weighted by Crippen LogP contribution is -2.12. The number of anilines is 1. The molecule has 7 nitrogen and oxygen atoms in total. The minimum absolute atomic E-state index is 0.0597. The van der Waals surface area contributed by atoms with Crippen molar-refractivity contribution < 1.29 is 28.8 Å². The molecule has 0 spiro atoms. The zero-order chi connectivity index (χ0) is 25.5. The van der Waals surface area contributed by atoms with E-state index in [4.69, 9.17) is 18.9 Å². The van der Waals surface area contributed by atoms with Crippen LogP contribution in [0, 0.1) is 0 Å². The number of phenolic OH excluding ortho intramolecular Hbond substituents is 1. The van der Waals surface area contributed by atoms with Crippen molar-refractivity contribution in [3.63, 3.8) is 0 Å². The van der Waals surface area contributed by atoms with E-state index in [0.717, 1.165) is 22.3 Å². The van der Waals surface area contributed by atoms with Gasteiger partial charge in [-0.15, -0.1) is 0 Å². The van der Waals surface area contributed by atoms with E-state index in [-0.39, 0.29) is 18.4 Å². The topological polar surface area (TPSA) is 86.2 Å². The number of rotatable bonds is 9. The van der Waals surface area contributed by atoms with E-state index in [1.165, 1.54) is 13.2 Å². The van der Waals surface area contributed by atoms with Gasteiger partial charge in [0, 0.05) is 35.6 Å². The zero-order valence-electron chi connectivity index (χ0n) is 20.3. The number of hydrogen-bond acceptors (Lipinski definition) is 6. The number of benzene rings is 4. The Bertz CT molecular complexity index is 1350. The first kappa shape index (κ1) is 24.6. The number of ether oxygens (including phenoxy) is 4. The molecule has 2 N–H and O–H groups in total. The second kappa shape index (κ2) is 11.3. The number of carbonyl (C=O) groups excluding carboxylic acids is 1. The number of methoxy groups -OCH3 is 3. The Hall–Kier alpha value is -4.49. The van der Waals surface area contributed by atoms with Gasteiger partial charge in [0.1, 0.15) is 23.0 Å². The Morgan fingerprint density at radius 3 is 2.31 bits per heavy atom. The van der Waals surface area contributed by atoms with Gasteiger partial charge < -0.3 is 29.4 Å². The molecule has 0 aliphatic rings. The minimum Gasteiger partial charge on any atom is -0.508 e. The van der Waals surface area contributed by atoms with Crippen LogP contribution in [-0.2, 0) is 4.74 Å². The van der Waals surface area contributed by atoms with Gasteiger partial charge in [-0.3, -0.25) is 4.79 Å². The fourth-order valence-electron chi connectivity index (χ4n) is 3.79. The lowest BCUT2D eigenvalue weighted by molar-refractivity contribution is 0.0514. The molecule has 0 fully saturated rings. The van der Waals surface area contributed by atoms with Gasteiger partial charge in [-0.1, -0.05) is 24.3 Å². The van der Waals surface area contributed by atoms with Crippen LogP contribution >= 0.6 is 0 Å². The molecule has 0 radical (unpaired) electrons. The average molecular weight is 486 g/mol. The predicted molar refractivity (Wildman–Crippen MR) is 139 cm³/mol. The number of carbonyl (C=O) groups is 1. The molecule has 184 valence electrons. The van der Waals surface area contributed by atoms with Gasteiger partial charge in [0.25, 0.3) is 5.91 Å². The molecule has 0 unspecified atom stereocenters. The molecular weight excluding hydrogens is 458 g/mol. The van der Waals surface area contributed by atoms with Gasteiger partial charge in [-0.05, 0) is 65.7 Å². The normalized spacial score (nSPS) is 10.5. The predicted octanol–water partition coefficient (Wildman–Crippen LogP) is 5.98. The number of hydrogen-bond donors (Lipinski definition) is 2. The molecule has 0 aliphatic carbocycles. The molecule has 0 saturated heterocycles. The number of amides is 1. The van der Waals surface area contributed by atoms with Crippen LogP contribution in [-0.4, -0.2) is 39.1 Å². The van der Waals surface area contributed by atoms with Crippen LogP contribution in [0.5, 0.6) is 23.0 Å². The highest BCUT2D eigenvalue weighted by Crippen LogP contribution is 2.35. The van der Waals surface area contributed by atoms with E-state index in [0.29, 0.717) is 28.5 Å². The smallest absolute Gasteiger partial charge is 0.255 e. The van der Waals surface area contributed by atoms with E-state index in [9.17, 15) is 9.90 Å². The third kappa shape index (κ3) is 5.59. The molecule has 4 rings (SSSR count). The van der Waals surface area contributed by atoms with E-state index in [1.807, 2.05) is 48.5 Å². The summed E-state index contributed by atoms with van der Waals surface area (Å²) in [6.07, 6.45) is 0. The van der Waals surface area contributed by atoms with Crippen molar-refractivity contribution in [2.24, 2.45) is 0 Å². The maximum absolute atomic E-state index is 13.0. The van der Waals surface area contributed by atoms with E-state index in [1.54, 1.807) is 44.6 Å². The summed E-state index contributed by atoms with van der Waals surface area (Å²) in [6.45, 7) is 0.0597. The van der Waals surface area contributed by atoms with Crippen LogP contribution < -0.4 is 19.5 Å². The Morgan fingerprint density at radius 2 is 1.58 bits per heavy atom. The molecular formula is C29H27NO6. The highest BCUT2D eigenvalue weighted by Gasteiger charge is 2.14. The van der Waals surface area contributed by atoms with E-state index >= 15 is 0 Å². The lowest BCUT2D eigenvalue weighted by Gasteiger charge is -2.13. The first-order chi connectivity index (χ1) is 17.5. The second-order valence-electron chi connectivity index (χ2n) is 7.91. The summed E-state index contributed by atoms with van der Waals surface area (Å²) in [5.74, 6) is 1.72. The molecule has 0 aromatic heterocycles. The van der Waals surface area contributed by atoms with E-state index < -0.39 is 0 Å². The van der Waals surface area contributed by atoms with Crippen molar-refractivity contribution >= 4 is 11.6 Å². The standard InChI is InChI=1S/C29H27NO6/c1-33-18-36-28-17-23(31)12-13-25(28)19-7-10-22(11-8-19)30-29(32)21-9-14-27(35-3)26(16-21)20-5-4-6-24(15-20)34-2/h4-17,31H,18H2,1-3H3,(H,30,32). The molecule has 4 aromatic carbocycles. The van der Waals surface area contributed by atoms with Crippen LogP contribution in [0.1, 0.15) is 10.4 Å². The minimum atomic E-state index is -0.247. The first-order valence-corrected chi connectivity index (χ1v) is 11.2. The monoisotopic (exact) mass is 485 g/mol. The van der Waals surface area contributed by atoms with Crippen LogP contribution in [0.15, 0.2) is 84.9 Å². The fourth-order valence-corrected chi connectivity index (χ4v) is 3.79. The SMILES string of the molecule is COCOc1cc(O)ccc1-c1ccc(NC(=O)c2ccc(OC)c(-c3cccc(OC)c3)c2)cc1. The summed E-state index contributed by atoms with van der Waals surface area (Å²) in [4.78, 5) is 13.0. The molecule has 0 bridgehead atoms. The summed E-state index contributed by atoms with van der Waals surface area (Å²) < 4.78 is 21.4. The molecule has 1 amide bonds. The van der Waals surface area contributed by atoms with Crippen LogP contribution in [0.2, 0.25) is 0 Å². The van der Waals surface area contributed by atoms with Crippen molar-refractivity contribution in [2.45, 2.75) is 0 Å². The molecule has 4 aromatic rings. The number of phenols is 1. The maximum atomic E-state index is 13.0. The summed E-state index contributed by atoms with van der Waals surface area (Å²) in [5, 5.41) is 12.7. The Labute approximate surface area is 209 Å². The third-order valence-corrected chi connectivity index (χ3v) is 5.59. The van der Waals surface area contributed by atoms with Gasteiger partial charge in [-0.2, -0.15) is 0 Å². The number of aromatic hydroxyl groups is 1. The average Bonchev–Trinajstić information content (AvgIpc) is 2.92. The summed E-state index contributed by atoms with van der Waals surface area (Å²) in [6, 6.07) is 25.2. The van der Waals surface area contributed by atoms with Crippen LogP contribution in [0.4, 0.5) is 5.69 Å². The van der Waals surface area contributed by atoms with Gasteiger partial charge in [-0.25, -0.2) is 0 Å². The van der Waals surface area contributed by atoms with Gasteiger partial charge in [0.15, 0.2) is 6.79 Å². The summed E-state index contributed by atoms with van der Waals surface area (Å²) >= 11 is 0. The molecule has 0 saturated carbocycles. The van der Waals surface area contributed by atoms with Crippen molar-refractivity contribution in [3.8, 4) is 45.3 Å². The van der Waals surface area contributed by atoms with Gasteiger partial charge >= 0.3 is 0 Å². The first-order valence-electron chi connectivity index (χ1n) is 11.2. The highest BCUT2D eigenvalue weighted by molar-refractivity contribution is 6.05. The largest absolute Gasteiger partial charge is 0.508 e. The highest BCUT2D eigenvalue weighted by atomic mass is 16.7. The Morgan fingerprint density at radius 1 is 0.778 bits per heavy atom. The molecule has 7 heteroatoms. The van der Waals surface area contributed by atoms with Crippen molar-refractivity contribution in [1.82, 2.24) is 0 Å². The number of nitrogens with one attached hydrogen (secondary N) is 1. The van der Waals surface area contributed by atoms with Crippen molar-refractivity contribution in [3.05, 3.63) is 90.5 Å². The van der Waals surface area contributed by atoms with Crippen LogP contribution in [0.25, 0.3) is 22.3 Å². The third-order valence-electron chi connectivity index (χ3n) is 5.59.